The lowest BCUT2D eigenvalue weighted by molar-refractivity contribution is 0.0346. The van der Waals surface area contributed by atoms with E-state index in [2.05, 4.69) is 0 Å². The van der Waals surface area contributed by atoms with Crippen LogP contribution in [0.2, 0.25) is 0 Å². The van der Waals surface area contributed by atoms with E-state index in [0.717, 1.165) is 18.4 Å². The number of ether oxygens (including phenoxy) is 1. The Kier molecular flexibility index (Phi) is 3.28. The van der Waals surface area contributed by atoms with Crippen molar-refractivity contribution in [1.29, 1.82) is 0 Å². The van der Waals surface area contributed by atoms with Crippen LogP contribution in [0.4, 0.5) is 9.18 Å². The Hall–Kier alpha value is -1.58. The molecule has 2 N–H and O–H groups in total. The number of hydrogen-bond donors (Lipinski definition) is 1. The highest BCUT2D eigenvalue weighted by atomic mass is 19.1. The third-order valence-electron chi connectivity index (χ3n) is 3.35. The number of carbonyl (C=O) groups is 1. The predicted octanol–water partition coefficient (Wildman–Crippen LogP) is 3.19. The minimum Gasteiger partial charge on any atom is -0.444 e. The molecule has 98 valence electrons. The SMILES string of the molecule is CC(C)(CC1CC1c1ccc(F)cc1)OC(N)=O. The summed E-state index contributed by atoms with van der Waals surface area (Å²) in [4.78, 5) is 10.8. The van der Waals surface area contributed by atoms with Crippen molar-refractivity contribution in [1.82, 2.24) is 0 Å². The molecule has 0 bridgehead atoms. The standard InChI is InChI=1S/C14H18FNO2/c1-14(2,18-13(16)17)8-10-7-12(10)9-3-5-11(15)6-4-9/h3-6,10,12H,7-8H2,1-2H3,(H2,16,17). The van der Waals surface area contributed by atoms with Crippen LogP contribution in [0.1, 0.15) is 38.2 Å². The molecule has 0 saturated heterocycles. The van der Waals surface area contributed by atoms with Crippen molar-refractivity contribution >= 4 is 6.09 Å². The zero-order valence-corrected chi connectivity index (χ0v) is 10.7. The molecule has 2 unspecified atom stereocenters. The van der Waals surface area contributed by atoms with Gasteiger partial charge in [-0.3, -0.25) is 0 Å². The summed E-state index contributed by atoms with van der Waals surface area (Å²) in [7, 11) is 0. The van der Waals surface area contributed by atoms with Gasteiger partial charge < -0.3 is 10.5 Å². The molecule has 18 heavy (non-hydrogen) atoms. The normalized spacial score (nSPS) is 22.6. The van der Waals surface area contributed by atoms with Crippen LogP contribution in [-0.2, 0) is 4.74 Å². The second-order valence-corrected chi connectivity index (χ2v) is 5.54. The third kappa shape index (κ3) is 3.22. The first-order chi connectivity index (χ1) is 8.37. The number of carbonyl (C=O) groups excluding carboxylic acids is 1. The lowest BCUT2D eigenvalue weighted by Crippen LogP contribution is -2.31. The first kappa shape index (κ1) is 12.9. The number of benzene rings is 1. The van der Waals surface area contributed by atoms with Crippen molar-refractivity contribution in [2.24, 2.45) is 11.7 Å². The van der Waals surface area contributed by atoms with E-state index in [-0.39, 0.29) is 5.82 Å². The minimum atomic E-state index is -0.737. The minimum absolute atomic E-state index is 0.214. The second kappa shape index (κ2) is 4.59. The van der Waals surface area contributed by atoms with Crippen LogP contribution in [0.5, 0.6) is 0 Å². The number of halogens is 1. The smallest absolute Gasteiger partial charge is 0.405 e. The molecule has 0 aliphatic heterocycles. The van der Waals surface area contributed by atoms with Crippen LogP contribution in [0.25, 0.3) is 0 Å². The maximum absolute atomic E-state index is 12.8. The van der Waals surface area contributed by atoms with E-state index in [4.69, 9.17) is 10.5 Å². The Bertz CT molecular complexity index is 442. The Balaban J connectivity index is 1.91. The van der Waals surface area contributed by atoms with Crippen LogP contribution in [0, 0.1) is 11.7 Å². The van der Waals surface area contributed by atoms with Gasteiger partial charge in [-0.25, -0.2) is 9.18 Å². The summed E-state index contributed by atoms with van der Waals surface area (Å²) < 4.78 is 17.9. The zero-order valence-electron chi connectivity index (χ0n) is 10.7. The molecule has 1 amide bonds. The summed E-state index contributed by atoms with van der Waals surface area (Å²) in [5.74, 6) is 0.708. The highest BCUT2D eigenvalue weighted by Crippen LogP contribution is 2.51. The van der Waals surface area contributed by atoms with Gasteiger partial charge in [-0.15, -0.1) is 0 Å². The number of hydrogen-bond acceptors (Lipinski definition) is 2. The van der Waals surface area contributed by atoms with Gasteiger partial charge in [0.1, 0.15) is 11.4 Å². The zero-order chi connectivity index (χ0) is 13.3. The molecule has 3 nitrogen and oxygen atoms in total. The maximum Gasteiger partial charge on any atom is 0.405 e. The second-order valence-electron chi connectivity index (χ2n) is 5.54. The predicted molar refractivity (Wildman–Crippen MR) is 66.6 cm³/mol. The van der Waals surface area contributed by atoms with E-state index in [0.29, 0.717) is 11.8 Å². The molecule has 0 aromatic heterocycles. The highest BCUT2D eigenvalue weighted by molar-refractivity contribution is 5.65. The topological polar surface area (TPSA) is 52.3 Å². The molecule has 0 radical (unpaired) electrons. The summed E-state index contributed by atoms with van der Waals surface area (Å²) in [5.41, 5.74) is 5.65. The van der Waals surface area contributed by atoms with Gasteiger partial charge in [0.15, 0.2) is 0 Å². The van der Waals surface area contributed by atoms with E-state index in [1.165, 1.54) is 12.1 Å². The Morgan fingerprint density at radius 2 is 2.06 bits per heavy atom. The molecule has 2 atom stereocenters. The van der Waals surface area contributed by atoms with Gasteiger partial charge in [-0.05, 0) is 56.2 Å². The Morgan fingerprint density at radius 1 is 1.44 bits per heavy atom. The molecule has 0 spiro atoms. The molecule has 1 aromatic rings. The fourth-order valence-corrected chi connectivity index (χ4v) is 2.54. The molecular formula is C14H18FNO2. The van der Waals surface area contributed by atoms with Gasteiger partial charge in [0, 0.05) is 0 Å². The van der Waals surface area contributed by atoms with E-state index >= 15 is 0 Å². The average molecular weight is 251 g/mol. The van der Waals surface area contributed by atoms with Crippen molar-refractivity contribution in [3.63, 3.8) is 0 Å². The molecular weight excluding hydrogens is 233 g/mol. The Labute approximate surface area is 106 Å². The van der Waals surface area contributed by atoms with Gasteiger partial charge in [0.25, 0.3) is 0 Å². The highest BCUT2D eigenvalue weighted by Gasteiger charge is 2.42. The van der Waals surface area contributed by atoms with Crippen LogP contribution in [0.3, 0.4) is 0 Å². The van der Waals surface area contributed by atoms with Gasteiger partial charge in [-0.2, -0.15) is 0 Å². The van der Waals surface area contributed by atoms with Gasteiger partial charge in [0.05, 0.1) is 0 Å². The summed E-state index contributed by atoms with van der Waals surface area (Å²) >= 11 is 0. The molecule has 1 saturated carbocycles. The summed E-state index contributed by atoms with van der Waals surface area (Å²) in [6.45, 7) is 3.72. The lowest BCUT2D eigenvalue weighted by Gasteiger charge is -2.24. The summed E-state index contributed by atoms with van der Waals surface area (Å²) in [6, 6.07) is 6.61. The number of nitrogens with two attached hydrogens (primary N) is 1. The van der Waals surface area contributed by atoms with Crippen molar-refractivity contribution in [3.8, 4) is 0 Å². The van der Waals surface area contributed by atoms with Crippen molar-refractivity contribution in [2.75, 3.05) is 0 Å². The Morgan fingerprint density at radius 3 is 2.61 bits per heavy atom. The van der Waals surface area contributed by atoms with Gasteiger partial charge >= 0.3 is 6.09 Å². The summed E-state index contributed by atoms with van der Waals surface area (Å²) in [5, 5.41) is 0. The van der Waals surface area contributed by atoms with E-state index < -0.39 is 11.7 Å². The fourth-order valence-electron chi connectivity index (χ4n) is 2.54. The molecule has 1 aromatic carbocycles. The van der Waals surface area contributed by atoms with E-state index in [1.54, 1.807) is 0 Å². The first-order valence-corrected chi connectivity index (χ1v) is 6.11. The van der Waals surface area contributed by atoms with Crippen LogP contribution in [0.15, 0.2) is 24.3 Å². The molecule has 1 aliphatic rings. The number of primary amides is 1. The van der Waals surface area contributed by atoms with Crippen molar-refractivity contribution in [3.05, 3.63) is 35.6 Å². The quantitative estimate of drug-likeness (QED) is 0.893. The van der Waals surface area contributed by atoms with Gasteiger partial charge in [-0.1, -0.05) is 12.1 Å². The molecule has 1 aliphatic carbocycles. The number of rotatable bonds is 4. The van der Waals surface area contributed by atoms with Gasteiger partial charge in [0.2, 0.25) is 0 Å². The van der Waals surface area contributed by atoms with Crippen LogP contribution in [-0.4, -0.2) is 11.7 Å². The fraction of sp³-hybridized carbons (Fsp3) is 0.500. The first-order valence-electron chi connectivity index (χ1n) is 6.11. The summed E-state index contributed by atoms with van der Waals surface area (Å²) in [6.07, 6.45) is 1.09. The maximum atomic E-state index is 12.8. The van der Waals surface area contributed by atoms with E-state index in [9.17, 15) is 9.18 Å². The van der Waals surface area contributed by atoms with Crippen LogP contribution >= 0.6 is 0 Å². The largest absolute Gasteiger partial charge is 0.444 e. The number of amides is 1. The monoisotopic (exact) mass is 251 g/mol. The van der Waals surface area contributed by atoms with Crippen LogP contribution < -0.4 is 5.73 Å². The molecule has 1 fully saturated rings. The van der Waals surface area contributed by atoms with Crippen molar-refractivity contribution in [2.45, 2.75) is 38.2 Å². The molecule has 2 rings (SSSR count). The van der Waals surface area contributed by atoms with E-state index in [1.807, 2.05) is 26.0 Å². The molecule has 0 heterocycles. The third-order valence-corrected chi connectivity index (χ3v) is 3.35. The molecule has 4 heteroatoms. The van der Waals surface area contributed by atoms with Crippen molar-refractivity contribution < 1.29 is 13.9 Å². The lowest BCUT2D eigenvalue weighted by atomic mass is 9.98. The average Bonchev–Trinajstić information content (AvgIpc) is 2.95.